The third-order valence-corrected chi connectivity index (χ3v) is 3.86. The number of carboxylic acids is 1. The van der Waals surface area contributed by atoms with Gasteiger partial charge in [-0.3, -0.25) is 9.59 Å². The van der Waals surface area contributed by atoms with Crippen LogP contribution in [0.4, 0.5) is 4.79 Å². The Morgan fingerprint density at radius 3 is 2.43 bits per heavy atom. The van der Waals surface area contributed by atoms with Crippen LogP contribution in [-0.4, -0.2) is 78.2 Å². The molecule has 0 bridgehead atoms. The Morgan fingerprint density at radius 1 is 1.19 bits per heavy atom. The molecule has 2 saturated heterocycles. The summed E-state index contributed by atoms with van der Waals surface area (Å²) in [7, 11) is 0. The Labute approximate surface area is 123 Å². The molecule has 2 atom stereocenters. The van der Waals surface area contributed by atoms with Crippen LogP contribution in [0.3, 0.4) is 0 Å². The molecule has 0 aliphatic carbocycles. The van der Waals surface area contributed by atoms with Gasteiger partial charge in [0.15, 0.2) is 0 Å². The molecular weight excluding hydrogens is 278 g/mol. The summed E-state index contributed by atoms with van der Waals surface area (Å²) in [5, 5.41) is 11.6. The molecule has 21 heavy (non-hydrogen) atoms. The lowest BCUT2D eigenvalue weighted by Gasteiger charge is -2.30. The highest BCUT2D eigenvalue weighted by atomic mass is 16.5. The average molecular weight is 299 g/mol. The number of urea groups is 1. The minimum Gasteiger partial charge on any atom is -0.481 e. The summed E-state index contributed by atoms with van der Waals surface area (Å²) in [6.07, 6.45) is 0.453. The van der Waals surface area contributed by atoms with Crippen molar-refractivity contribution in [2.75, 3.05) is 39.4 Å². The molecule has 2 aliphatic heterocycles. The number of hydrogen-bond acceptors (Lipinski definition) is 4. The van der Waals surface area contributed by atoms with Crippen LogP contribution in [0.5, 0.6) is 0 Å². The van der Waals surface area contributed by atoms with Crippen molar-refractivity contribution >= 4 is 17.9 Å². The molecule has 2 fully saturated rings. The van der Waals surface area contributed by atoms with Gasteiger partial charge in [-0.2, -0.15) is 0 Å². The topological polar surface area (TPSA) is 99.2 Å². The van der Waals surface area contributed by atoms with E-state index in [-0.39, 0.29) is 18.5 Å². The van der Waals surface area contributed by atoms with E-state index >= 15 is 0 Å². The number of hydrogen-bond donors (Lipinski definition) is 2. The van der Waals surface area contributed by atoms with E-state index in [9.17, 15) is 14.4 Å². The maximum atomic E-state index is 12.2. The number of amides is 3. The van der Waals surface area contributed by atoms with E-state index in [1.54, 1.807) is 11.8 Å². The minimum absolute atomic E-state index is 0.138. The van der Waals surface area contributed by atoms with Gasteiger partial charge in [0.2, 0.25) is 5.91 Å². The Kier molecular flexibility index (Phi) is 5.00. The molecule has 0 aromatic carbocycles. The zero-order valence-corrected chi connectivity index (χ0v) is 12.1. The molecule has 0 radical (unpaired) electrons. The second-order valence-corrected chi connectivity index (χ2v) is 5.38. The van der Waals surface area contributed by atoms with Gasteiger partial charge >= 0.3 is 12.0 Å². The molecule has 2 heterocycles. The number of likely N-dealkylation sites (tertiary alicyclic amines) is 1. The number of carboxylic acid groups (broad SMARTS) is 1. The number of carbonyl (C=O) groups is 3. The van der Waals surface area contributed by atoms with Gasteiger partial charge in [-0.25, -0.2) is 4.79 Å². The molecule has 2 aliphatic rings. The fourth-order valence-corrected chi connectivity index (χ4v) is 2.54. The van der Waals surface area contributed by atoms with E-state index in [1.807, 2.05) is 0 Å². The Balaban J connectivity index is 1.81. The molecule has 2 unspecified atom stereocenters. The third kappa shape index (κ3) is 3.84. The van der Waals surface area contributed by atoms with Gasteiger partial charge in [-0.05, 0) is 13.3 Å². The number of carbonyl (C=O) groups excluding carboxylic acids is 2. The van der Waals surface area contributed by atoms with Crippen LogP contribution in [0.25, 0.3) is 0 Å². The predicted molar refractivity (Wildman–Crippen MR) is 72.7 cm³/mol. The highest BCUT2D eigenvalue weighted by molar-refractivity contribution is 5.87. The van der Waals surface area contributed by atoms with Crippen molar-refractivity contribution in [3.8, 4) is 0 Å². The van der Waals surface area contributed by atoms with Crippen LogP contribution in [0.15, 0.2) is 0 Å². The van der Waals surface area contributed by atoms with Crippen molar-refractivity contribution in [3.05, 3.63) is 0 Å². The monoisotopic (exact) mass is 299 g/mol. The molecule has 0 aromatic rings. The number of ether oxygens (including phenoxy) is 1. The largest absolute Gasteiger partial charge is 0.481 e. The smallest absolute Gasteiger partial charge is 0.318 e. The zero-order chi connectivity index (χ0) is 15.4. The SMILES string of the molecule is CC(NC(=O)N1CCC(C(=O)O)C1)C(=O)N1CCOCC1. The lowest BCUT2D eigenvalue weighted by atomic mass is 10.1. The van der Waals surface area contributed by atoms with Crippen LogP contribution < -0.4 is 5.32 Å². The van der Waals surface area contributed by atoms with Gasteiger partial charge in [0.05, 0.1) is 19.1 Å². The zero-order valence-electron chi connectivity index (χ0n) is 12.1. The normalized spacial score (nSPS) is 23.8. The molecule has 0 spiro atoms. The number of aliphatic carboxylic acids is 1. The fourth-order valence-electron chi connectivity index (χ4n) is 2.54. The standard InChI is InChI=1S/C13H21N3O5/c1-9(11(17)15-4-6-21-7-5-15)14-13(20)16-3-2-10(8-16)12(18)19/h9-10H,2-8H2,1H3,(H,14,20)(H,18,19). The lowest BCUT2D eigenvalue weighted by Crippen LogP contribution is -2.52. The van der Waals surface area contributed by atoms with Gasteiger partial charge < -0.3 is 25.0 Å². The molecule has 8 heteroatoms. The predicted octanol–water partition coefficient (Wildman–Crippen LogP) is -0.650. The van der Waals surface area contributed by atoms with Gasteiger partial charge in [0.25, 0.3) is 0 Å². The van der Waals surface area contributed by atoms with Gasteiger partial charge in [-0.1, -0.05) is 0 Å². The highest BCUT2D eigenvalue weighted by Gasteiger charge is 2.32. The fraction of sp³-hybridized carbons (Fsp3) is 0.769. The molecule has 118 valence electrons. The molecule has 3 amide bonds. The van der Waals surface area contributed by atoms with Crippen LogP contribution in [0, 0.1) is 5.92 Å². The van der Waals surface area contributed by atoms with Crippen molar-refractivity contribution in [1.29, 1.82) is 0 Å². The van der Waals surface area contributed by atoms with Gasteiger partial charge in [0, 0.05) is 26.2 Å². The Bertz CT molecular complexity index is 422. The maximum Gasteiger partial charge on any atom is 0.318 e. The minimum atomic E-state index is -0.886. The van der Waals surface area contributed by atoms with Crippen molar-refractivity contribution in [1.82, 2.24) is 15.1 Å². The number of morpholine rings is 1. The molecule has 2 N–H and O–H groups in total. The van der Waals surface area contributed by atoms with E-state index in [1.165, 1.54) is 4.90 Å². The van der Waals surface area contributed by atoms with Crippen molar-refractivity contribution in [2.45, 2.75) is 19.4 Å². The van der Waals surface area contributed by atoms with E-state index in [4.69, 9.17) is 9.84 Å². The average Bonchev–Trinajstić information content (AvgIpc) is 2.97. The van der Waals surface area contributed by atoms with Gasteiger partial charge in [-0.15, -0.1) is 0 Å². The Morgan fingerprint density at radius 2 is 1.86 bits per heavy atom. The first-order chi connectivity index (χ1) is 9.99. The summed E-state index contributed by atoms with van der Waals surface area (Å²) in [5.41, 5.74) is 0. The second kappa shape index (κ2) is 6.75. The summed E-state index contributed by atoms with van der Waals surface area (Å²) < 4.78 is 5.18. The molecule has 2 rings (SSSR count). The number of nitrogens with zero attached hydrogens (tertiary/aromatic N) is 2. The summed E-state index contributed by atoms with van der Waals surface area (Å²) >= 11 is 0. The summed E-state index contributed by atoms with van der Waals surface area (Å²) in [6, 6.07) is -1.01. The molecule has 8 nitrogen and oxygen atoms in total. The highest BCUT2D eigenvalue weighted by Crippen LogP contribution is 2.16. The third-order valence-electron chi connectivity index (χ3n) is 3.86. The van der Waals surface area contributed by atoms with Gasteiger partial charge in [0.1, 0.15) is 6.04 Å². The van der Waals surface area contributed by atoms with E-state index < -0.39 is 17.9 Å². The summed E-state index contributed by atoms with van der Waals surface area (Å²) in [5.74, 6) is -1.54. The van der Waals surface area contributed by atoms with Crippen molar-refractivity contribution in [2.24, 2.45) is 5.92 Å². The van der Waals surface area contributed by atoms with E-state index in [0.717, 1.165) is 0 Å². The van der Waals surface area contributed by atoms with Crippen LogP contribution >= 0.6 is 0 Å². The maximum absolute atomic E-state index is 12.2. The first kappa shape index (κ1) is 15.6. The number of nitrogens with one attached hydrogen (secondary N) is 1. The van der Waals surface area contributed by atoms with Crippen LogP contribution in [-0.2, 0) is 14.3 Å². The quantitative estimate of drug-likeness (QED) is 0.721. The number of rotatable bonds is 3. The van der Waals surface area contributed by atoms with E-state index in [0.29, 0.717) is 39.3 Å². The molecule has 0 saturated carbocycles. The van der Waals surface area contributed by atoms with Crippen LogP contribution in [0.2, 0.25) is 0 Å². The second-order valence-electron chi connectivity index (χ2n) is 5.38. The van der Waals surface area contributed by atoms with E-state index in [2.05, 4.69) is 5.32 Å². The first-order valence-corrected chi connectivity index (χ1v) is 7.14. The summed E-state index contributed by atoms with van der Waals surface area (Å²) in [6.45, 7) is 4.33. The van der Waals surface area contributed by atoms with Crippen molar-refractivity contribution in [3.63, 3.8) is 0 Å². The first-order valence-electron chi connectivity index (χ1n) is 7.14. The Hall–Kier alpha value is -1.83. The molecule has 0 aromatic heterocycles. The van der Waals surface area contributed by atoms with Crippen LogP contribution in [0.1, 0.15) is 13.3 Å². The lowest BCUT2D eigenvalue weighted by molar-refractivity contribution is -0.141. The van der Waals surface area contributed by atoms with Crippen molar-refractivity contribution < 1.29 is 24.2 Å². The molecular formula is C13H21N3O5. The summed E-state index contributed by atoms with van der Waals surface area (Å²) in [4.78, 5) is 38.2.